The van der Waals surface area contributed by atoms with E-state index in [9.17, 15) is 15.2 Å². The Labute approximate surface area is 98.2 Å². The molecule has 1 aliphatic rings. The molecule has 2 atom stereocenters. The van der Waals surface area contributed by atoms with Gasteiger partial charge in [0.2, 0.25) is 0 Å². The molecule has 0 fully saturated rings. The van der Waals surface area contributed by atoms with Crippen molar-refractivity contribution in [3.63, 3.8) is 0 Å². The molecule has 1 aromatic rings. The summed E-state index contributed by atoms with van der Waals surface area (Å²) in [4.78, 5) is 13.8. The fraction of sp³-hybridized carbons (Fsp3) is 0.700. The average molecular weight is 241 g/mol. The van der Waals surface area contributed by atoms with Crippen molar-refractivity contribution in [2.75, 3.05) is 0 Å². The van der Waals surface area contributed by atoms with Gasteiger partial charge in [-0.1, -0.05) is 20.8 Å². The topological polar surface area (TPSA) is 90.4 Å². The summed E-state index contributed by atoms with van der Waals surface area (Å²) in [6.45, 7) is 6.08. The summed E-state index contributed by atoms with van der Waals surface area (Å²) in [6.07, 6.45) is 0.158. The highest BCUT2D eigenvalue weighted by atomic mass is 16.6. The van der Waals surface area contributed by atoms with E-state index in [1.54, 1.807) is 0 Å². The van der Waals surface area contributed by atoms with Crippen LogP contribution in [0.4, 0.5) is 5.82 Å². The first-order valence-electron chi connectivity index (χ1n) is 5.35. The molecule has 2 heterocycles. The largest absolute Gasteiger partial charge is 0.439 e. The number of imidazole rings is 1. The van der Waals surface area contributed by atoms with Crippen LogP contribution in [0.1, 0.15) is 20.8 Å². The van der Waals surface area contributed by atoms with Crippen LogP contribution >= 0.6 is 0 Å². The lowest BCUT2D eigenvalue weighted by Crippen LogP contribution is -2.47. The Balaban J connectivity index is 2.31. The lowest BCUT2D eigenvalue weighted by Gasteiger charge is -2.36. The highest BCUT2D eigenvalue weighted by molar-refractivity contribution is 5.22. The van der Waals surface area contributed by atoms with Crippen LogP contribution in [0.25, 0.3) is 0 Å². The minimum Gasteiger partial charge on any atom is -0.439 e. The molecule has 0 unspecified atom stereocenters. The molecule has 1 aromatic heterocycles. The first kappa shape index (κ1) is 11.8. The second-order valence-electron chi connectivity index (χ2n) is 5.26. The predicted octanol–water partition coefficient (Wildman–Crippen LogP) is 0.959. The fourth-order valence-corrected chi connectivity index (χ4v) is 1.94. The van der Waals surface area contributed by atoms with Crippen LogP contribution in [-0.4, -0.2) is 31.8 Å². The minimum atomic E-state index is -0.698. The third-order valence-corrected chi connectivity index (χ3v) is 2.73. The predicted molar refractivity (Wildman–Crippen MR) is 58.8 cm³/mol. The highest BCUT2D eigenvalue weighted by Crippen LogP contribution is 2.32. The quantitative estimate of drug-likeness (QED) is 0.584. The SMILES string of the molecule is CC(C)(C)[C@@H]1Oc2nc([N+](=O)[O-])cn2C[C@@H]1O. The van der Waals surface area contributed by atoms with Gasteiger partial charge < -0.3 is 20.0 Å². The number of ether oxygens (including phenoxy) is 1. The Hall–Kier alpha value is -1.63. The third kappa shape index (κ3) is 2.10. The van der Waals surface area contributed by atoms with Crippen molar-refractivity contribution >= 4 is 5.82 Å². The van der Waals surface area contributed by atoms with Gasteiger partial charge in [0, 0.05) is 10.4 Å². The fourth-order valence-electron chi connectivity index (χ4n) is 1.94. The molecule has 0 bridgehead atoms. The van der Waals surface area contributed by atoms with Gasteiger partial charge in [-0.15, -0.1) is 0 Å². The molecular formula is C10H15N3O4. The zero-order chi connectivity index (χ0) is 12.8. The molecule has 94 valence electrons. The smallest absolute Gasteiger partial charge is 0.414 e. The van der Waals surface area contributed by atoms with Crippen LogP contribution in [0, 0.1) is 15.5 Å². The average Bonchev–Trinajstić information content (AvgIpc) is 2.57. The Morgan fingerprint density at radius 2 is 2.29 bits per heavy atom. The van der Waals surface area contributed by atoms with Gasteiger partial charge in [0.05, 0.1) is 6.54 Å². The number of fused-ring (bicyclic) bond motifs is 1. The first-order valence-corrected chi connectivity index (χ1v) is 5.35. The molecule has 1 N–H and O–H groups in total. The lowest BCUT2D eigenvalue weighted by atomic mass is 9.85. The van der Waals surface area contributed by atoms with Gasteiger partial charge in [0.25, 0.3) is 0 Å². The van der Waals surface area contributed by atoms with E-state index in [1.165, 1.54) is 10.8 Å². The molecular weight excluding hydrogens is 226 g/mol. The number of aromatic nitrogens is 2. The van der Waals surface area contributed by atoms with Crippen molar-refractivity contribution in [1.29, 1.82) is 0 Å². The maximum atomic E-state index is 10.6. The van der Waals surface area contributed by atoms with Crippen molar-refractivity contribution in [3.8, 4) is 6.01 Å². The molecule has 17 heavy (non-hydrogen) atoms. The molecule has 0 saturated heterocycles. The van der Waals surface area contributed by atoms with E-state index in [0.717, 1.165) is 0 Å². The highest BCUT2D eigenvalue weighted by Gasteiger charge is 2.40. The third-order valence-electron chi connectivity index (χ3n) is 2.73. The van der Waals surface area contributed by atoms with Gasteiger partial charge in [0.15, 0.2) is 0 Å². The van der Waals surface area contributed by atoms with E-state index in [2.05, 4.69) is 4.98 Å². The van der Waals surface area contributed by atoms with Crippen LogP contribution in [0.15, 0.2) is 6.20 Å². The maximum absolute atomic E-state index is 10.6. The number of aliphatic hydroxyl groups excluding tert-OH is 1. The number of nitro groups is 1. The van der Waals surface area contributed by atoms with Crippen LogP contribution in [-0.2, 0) is 6.54 Å². The summed E-state index contributed by atoms with van der Waals surface area (Å²) in [5, 5.41) is 20.5. The molecule has 0 saturated carbocycles. The van der Waals surface area contributed by atoms with Gasteiger partial charge >= 0.3 is 11.8 Å². The normalized spacial score (nSPS) is 24.0. The molecule has 2 rings (SSSR count). The minimum absolute atomic E-state index is 0.196. The van der Waals surface area contributed by atoms with Crippen LogP contribution in [0.5, 0.6) is 6.01 Å². The van der Waals surface area contributed by atoms with Gasteiger partial charge in [-0.3, -0.25) is 4.57 Å². The van der Waals surface area contributed by atoms with E-state index in [-0.39, 0.29) is 23.8 Å². The van der Waals surface area contributed by atoms with Gasteiger partial charge in [-0.05, 0) is 4.92 Å². The van der Waals surface area contributed by atoms with Crippen molar-refractivity contribution in [3.05, 3.63) is 16.3 Å². The van der Waals surface area contributed by atoms with Crippen molar-refractivity contribution < 1.29 is 14.8 Å². The molecule has 0 aliphatic carbocycles. The van der Waals surface area contributed by atoms with Crippen molar-refractivity contribution in [1.82, 2.24) is 9.55 Å². The summed E-state index contributed by atoms with van der Waals surface area (Å²) in [7, 11) is 0. The molecule has 0 spiro atoms. The van der Waals surface area contributed by atoms with E-state index in [1.807, 2.05) is 20.8 Å². The van der Waals surface area contributed by atoms with Crippen LogP contribution < -0.4 is 4.74 Å². The summed E-state index contributed by atoms with van der Waals surface area (Å²) in [6, 6.07) is 0.196. The second kappa shape index (κ2) is 3.69. The Morgan fingerprint density at radius 3 is 2.82 bits per heavy atom. The van der Waals surface area contributed by atoms with E-state index in [4.69, 9.17) is 4.74 Å². The Bertz CT molecular complexity index is 449. The molecule has 0 aromatic carbocycles. The molecule has 1 aliphatic heterocycles. The Morgan fingerprint density at radius 1 is 1.65 bits per heavy atom. The number of nitrogens with zero attached hydrogens (tertiary/aromatic N) is 3. The van der Waals surface area contributed by atoms with Crippen LogP contribution in [0.3, 0.4) is 0 Å². The summed E-state index contributed by atoms with van der Waals surface area (Å²) in [5.74, 6) is -0.262. The number of aliphatic hydroxyl groups is 1. The van der Waals surface area contributed by atoms with E-state index in [0.29, 0.717) is 0 Å². The first-order chi connectivity index (χ1) is 7.79. The van der Waals surface area contributed by atoms with E-state index < -0.39 is 17.1 Å². The molecule has 7 nitrogen and oxygen atoms in total. The number of hydrogen-bond acceptors (Lipinski definition) is 5. The van der Waals surface area contributed by atoms with Crippen molar-refractivity contribution in [2.24, 2.45) is 5.41 Å². The molecule has 0 amide bonds. The van der Waals surface area contributed by atoms with E-state index >= 15 is 0 Å². The zero-order valence-corrected chi connectivity index (χ0v) is 9.95. The van der Waals surface area contributed by atoms with Gasteiger partial charge in [-0.2, -0.15) is 0 Å². The maximum Gasteiger partial charge on any atom is 0.414 e. The standard InChI is InChI=1S/C10H15N3O4/c1-10(2,3)8-6(14)4-12-5-7(13(15)16)11-9(12)17-8/h5-6,8,14H,4H2,1-3H3/t6-,8+/m0/s1. The lowest BCUT2D eigenvalue weighted by molar-refractivity contribution is -0.389. The summed E-state index contributed by atoms with van der Waals surface area (Å²) >= 11 is 0. The zero-order valence-electron chi connectivity index (χ0n) is 9.95. The number of rotatable bonds is 1. The molecule has 0 radical (unpaired) electrons. The van der Waals surface area contributed by atoms with Crippen molar-refractivity contribution in [2.45, 2.75) is 39.5 Å². The molecule has 7 heteroatoms. The monoisotopic (exact) mass is 241 g/mol. The number of hydrogen-bond donors (Lipinski definition) is 1. The van der Waals surface area contributed by atoms with Gasteiger partial charge in [-0.25, -0.2) is 0 Å². The summed E-state index contributed by atoms with van der Waals surface area (Å²) in [5.41, 5.74) is -0.259. The second-order valence-corrected chi connectivity index (χ2v) is 5.26. The summed E-state index contributed by atoms with van der Waals surface area (Å²) < 4.78 is 7.00. The Kier molecular flexibility index (Phi) is 2.57. The van der Waals surface area contributed by atoms with Gasteiger partial charge in [0.1, 0.15) is 18.4 Å². The van der Waals surface area contributed by atoms with Crippen LogP contribution in [0.2, 0.25) is 0 Å².